The third-order valence-electron chi connectivity index (χ3n) is 3.17. The first kappa shape index (κ1) is 14.9. The van der Waals surface area contributed by atoms with Crippen LogP contribution in [-0.2, 0) is 11.3 Å². The fraction of sp³-hybridized carbons (Fsp3) is 0.333. The molecule has 1 aromatic rings. The molecule has 6 heteroatoms. The Morgan fingerprint density at radius 1 is 1.38 bits per heavy atom. The Morgan fingerprint density at radius 2 is 2.14 bits per heavy atom. The summed E-state index contributed by atoms with van der Waals surface area (Å²) in [5, 5.41) is 0. The van der Waals surface area contributed by atoms with Gasteiger partial charge in [0.1, 0.15) is 12.3 Å². The smallest absolute Gasteiger partial charge is 0.327 e. The van der Waals surface area contributed by atoms with Crippen molar-refractivity contribution in [3.05, 3.63) is 29.3 Å². The number of carbonyl (C=O) groups excluding carboxylic acids is 2. The van der Waals surface area contributed by atoms with Crippen LogP contribution in [0.15, 0.2) is 18.2 Å². The minimum atomic E-state index is -0.305. The third-order valence-corrected chi connectivity index (χ3v) is 3.17. The third kappa shape index (κ3) is 3.15. The molecule has 21 heavy (non-hydrogen) atoms. The topological polar surface area (TPSA) is 75.9 Å². The Bertz CT molecular complexity index is 631. The Morgan fingerprint density at radius 3 is 2.71 bits per heavy atom. The van der Waals surface area contributed by atoms with Crippen LogP contribution in [0.2, 0.25) is 0 Å². The SMILES string of the molecule is COc1ccc(C#CCN)cc1CN1C(=O)CN(C)C1=O. The number of ether oxygens (including phenoxy) is 1. The van der Waals surface area contributed by atoms with Crippen molar-refractivity contribution in [2.24, 2.45) is 5.73 Å². The fourth-order valence-electron chi connectivity index (χ4n) is 2.13. The molecule has 0 aliphatic carbocycles. The van der Waals surface area contributed by atoms with Gasteiger partial charge in [0, 0.05) is 18.2 Å². The van der Waals surface area contributed by atoms with E-state index in [1.807, 2.05) is 6.07 Å². The summed E-state index contributed by atoms with van der Waals surface area (Å²) in [5.41, 5.74) is 6.85. The first-order chi connectivity index (χ1) is 10.1. The van der Waals surface area contributed by atoms with Gasteiger partial charge in [-0.15, -0.1) is 0 Å². The first-order valence-corrected chi connectivity index (χ1v) is 6.48. The van der Waals surface area contributed by atoms with Crippen molar-refractivity contribution in [1.29, 1.82) is 0 Å². The zero-order chi connectivity index (χ0) is 15.4. The van der Waals surface area contributed by atoms with E-state index >= 15 is 0 Å². The van der Waals surface area contributed by atoms with Crippen LogP contribution < -0.4 is 10.5 Å². The predicted octanol–water partition coefficient (Wildman–Crippen LogP) is 0.399. The highest BCUT2D eigenvalue weighted by Gasteiger charge is 2.33. The van der Waals surface area contributed by atoms with Crippen LogP contribution >= 0.6 is 0 Å². The van der Waals surface area contributed by atoms with Crippen LogP contribution in [0.25, 0.3) is 0 Å². The first-order valence-electron chi connectivity index (χ1n) is 6.48. The van der Waals surface area contributed by atoms with Crippen LogP contribution in [0.3, 0.4) is 0 Å². The van der Waals surface area contributed by atoms with Crippen molar-refractivity contribution in [2.75, 3.05) is 27.2 Å². The van der Waals surface area contributed by atoms with E-state index in [4.69, 9.17) is 10.5 Å². The number of urea groups is 1. The van der Waals surface area contributed by atoms with Gasteiger partial charge in [0.2, 0.25) is 0 Å². The van der Waals surface area contributed by atoms with Crippen LogP contribution in [0.5, 0.6) is 5.75 Å². The highest BCUT2D eigenvalue weighted by molar-refractivity contribution is 6.01. The molecular formula is C15H17N3O3. The number of nitrogens with two attached hydrogens (primary N) is 1. The molecule has 6 nitrogen and oxygen atoms in total. The summed E-state index contributed by atoms with van der Waals surface area (Å²) in [4.78, 5) is 26.3. The molecule has 2 rings (SSSR count). The average Bonchev–Trinajstić information content (AvgIpc) is 2.72. The molecule has 0 saturated carbocycles. The van der Waals surface area contributed by atoms with Crippen molar-refractivity contribution in [3.63, 3.8) is 0 Å². The maximum absolute atomic E-state index is 11.9. The van der Waals surface area contributed by atoms with Crippen molar-refractivity contribution >= 4 is 11.9 Å². The van der Waals surface area contributed by atoms with Gasteiger partial charge < -0.3 is 15.4 Å². The van der Waals surface area contributed by atoms with Gasteiger partial charge in [-0.05, 0) is 18.2 Å². The summed E-state index contributed by atoms with van der Waals surface area (Å²) < 4.78 is 5.28. The lowest BCUT2D eigenvalue weighted by Crippen LogP contribution is -2.31. The molecule has 1 fully saturated rings. The summed E-state index contributed by atoms with van der Waals surface area (Å²) in [6, 6.07) is 5.08. The second-order valence-electron chi connectivity index (χ2n) is 4.65. The van der Waals surface area contributed by atoms with Gasteiger partial charge in [-0.2, -0.15) is 0 Å². The van der Waals surface area contributed by atoms with Gasteiger partial charge >= 0.3 is 6.03 Å². The molecule has 1 aromatic carbocycles. The number of methoxy groups -OCH3 is 1. The second-order valence-corrected chi connectivity index (χ2v) is 4.65. The van der Waals surface area contributed by atoms with Gasteiger partial charge in [0.05, 0.1) is 20.2 Å². The molecule has 0 aromatic heterocycles. The van der Waals surface area contributed by atoms with E-state index in [9.17, 15) is 9.59 Å². The second kappa shape index (κ2) is 6.29. The number of imide groups is 1. The Balaban J connectivity index is 2.29. The molecule has 110 valence electrons. The van der Waals surface area contributed by atoms with Crippen molar-refractivity contribution in [1.82, 2.24) is 9.80 Å². The van der Waals surface area contributed by atoms with Gasteiger partial charge in [-0.1, -0.05) is 11.8 Å². The van der Waals surface area contributed by atoms with E-state index in [2.05, 4.69) is 11.8 Å². The van der Waals surface area contributed by atoms with Crippen molar-refractivity contribution in [2.45, 2.75) is 6.54 Å². The number of carbonyl (C=O) groups is 2. The zero-order valence-corrected chi connectivity index (χ0v) is 12.0. The van der Waals surface area contributed by atoms with Crippen LogP contribution in [0.4, 0.5) is 4.79 Å². The summed E-state index contributed by atoms with van der Waals surface area (Å²) in [7, 11) is 3.14. The molecule has 1 saturated heterocycles. The Hall–Kier alpha value is -2.52. The van der Waals surface area contributed by atoms with E-state index in [0.717, 1.165) is 11.1 Å². The minimum Gasteiger partial charge on any atom is -0.496 e. The van der Waals surface area contributed by atoms with E-state index in [-0.39, 0.29) is 31.6 Å². The Labute approximate surface area is 123 Å². The molecule has 0 unspecified atom stereocenters. The number of amides is 3. The van der Waals surface area contributed by atoms with Gasteiger partial charge in [-0.25, -0.2) is 4.79 Å². The quantitative estimate of drug-likeness (QED) is 0.645. The van der Waals surface area contributed by atoms with Gasteiger partial charge in [-0.3, -0.25) is 9.69 Å². The lowest BCUT2D eigenvalue weighted by atomic mass is 10.1. The molecule has 0 spiro atoms. The van der Waals surface area contributed by atoms with Gasteiger partial charge in [0.15, 0.2) is 0 Å². The van der Waals surface area contributed by atoms with E-state index in [0.29, 0.717) is 5.75 Å². The molecule has 0 radical (unpaired) electrons. The van der Waals surface area contributed by atoms with Crippen molar-refractivity contribution < 1.29 is 14.3 Å². The van der Waals surface area contributed by atoms with Crippen LogP contribution in [0, 0.1) is 11.8 Å². The number of hydrogen-bond acceptors (Lipinski definition) is 4. The maximum Gasteiger partial charge on any atom is 0.327 e. The van der Waals surface area contributed by atoms with Crippen LogP contribution in [-0.4, -0.2) is 49.0 Å². The molecule has 1 heterocycles. The monoisotopic (exact) mass is 287 g/mol. The summed E-state index contributed by atoms with van der Waals surface area (Å²) >= 11 is 0. The number of hydrogen-bond donors (Lipinski definition) is 1. The molecular weight excluding hydrogens is 270 g/mol. The summed E-state index contributed by atoms with van der Waals surface area (Å²) in [6.07, 6.45) is 0. The number of nitrogens with zero attached hydrogens (tertiary/aromatic N) is 2. The molecule has 2 N–H and O–H groups in total. The fourth-order valence-corrected chi connectivity index (χ4v) is 2.13. The highest BCUT2D eigenvalue weighted by atomic mass is 16.5. The lowest BCUT2D eigenvalue weighted by Gasteiger charge is -2.16. The van der Waals surface area contributed by atoms with E-state index in [1.54, 1.807) is 26.3 Å². The number of rotatable bonds is 3. The Kier molecular flexibility index (Phi) is 4.45. The molecule has 0 bridgehead atoms. The molecule has 1 aliphatic heterocycles. The van der Waals surface area contributed by atoms with Crippen molar-refractivity contribution in [3.8, 4) is 17.6 Å². The minimum absolute atomic E-state index is 0.105. The summed E-state index contributed by atoms with van der Waals surface area (Å²) in [5.74, 6) is 6.09. The molecule has 3 amide bonds. The van der Waals surface area contributed by atoms with Crippen LogP contribution in [0.1, 0.15) is 11.1 Å². The average molecular weight is 287 g/mol. The van der Waals surface area contributed by atoms with Gasteiger partial charge in [0.25, 0.3) is 5.91 Å². The number of benzene rings is 1. The van der Waals surface area contributed by atoms with E-state index < -0.39 is 0 Å². The highest BCUT2D eigenvalue weighted by Crippen LogP contribution is 2.23. The normalized spacial score (nSPS) is 14.2. The predicted molar refractivity (Wildman–Crippen MR) is 77.5 cm³/mol. The zero-order valence-electron chi connectivity index (χ0n) is 12.0. The standard InChI is InChI=1S/C15H17N3O3/c1-17-10-14(19)18(15(17)20)9-12-8-11(4-3-7-16)5-6-13(12)21-2/h5-6,8H,7,9-10,16H2,1-2H3. The number of likely N-dealkylation sites (N-methyl/N-ethyl adjacent to an activating group) is 1. The van der Waals surface area contributed by atoms with E-state index in [1.165, 1.54) is 9.80 Å². The molecule has 1 aliphatic rings. The summed E-state index contributed by atoms with van der Waals surface area (Å²) in [6.45, 7) is 0.548. The lowest BCUT2D eigenvalue weighted by molar-refractivity contribution is -0.125. The molecule has 0 atom stereocenters. The maximum atomic E-state index is 11.9. The largest absolute Gasteiger partial charge is 0.496 e.